The molecule has 0 radical (unpaired) electrons. The van der Waals surface area contributed by atoms with Gasteiger partial charge in [0, 0.05) is 11.8 Å². The number of amides is 1. The van der Waals surface area contributed by atoms with Crippen molar-refractivity contribution in [3.63, 3.8) is 0 Å². The first-order valence-electron chi connectivity index (χ1n) is 10.2. The van der Waals surface area contributed by atoms with Crippen LogP contribution in [0.2, 0.25) is 0 Å². The molecule has 0 unspecified atom stereocenters. The molecule has 3 nitrogen and oxygen atoms in total. The lowest BCUT2D eigenvalue weighted by atomic mass is 9.72. The van der Waals surface area contributed by atoms with Gasteiger partial charge in [0.05, 0.1) is 0 Å². The zero-order chi connectivity index (χ0) is 21.4. The Labute approximate surface area is 175 Å². The minimum atomic E-state index is -0.194. The Hall–Kier alpha value is -2.81. The summed E-state index contributed by atoms with van der Waals surface area (Å²) in [5.74, 6) is -0.0206. The lowest BCUT2D eigenvalue weighted by Gasteiger charge is -2.32. The number of phenols is 1. The van der Waals surface area contributed by atoms with E-state index in [2.05, 4.69) is 51.2 Å². The van der Waals surface area contributed by atoms with Crippen LogP contribution in [0.3, 0.4) is 0 Å². The second-order valence-corrected chi connectivity index (χ2v) is 8.46. The summed E-state index contributed by atoms with van der Waals surface area (Å²) in [5, 5.41) is 12.1. The van der Waals surface area contributed by atoms with Crippen molar-refractivity contribution in [1.82, 2.24) is 0 Å². The highest BCUT2D eigenvalue weighted by molar-refractivity contribution is 5.99. The van der Waals surface area contributed by atoms with E-state index in [1.807, 2.05) is 19.1 Å². The number of nitrogens with one attached hydrogen (secondary N) is 1. The molecule has 2 N–H and O–H groups in total. The van der Waals surface area contributed by atoms with Gasteiger partial charge in [0.1, 0.15) is 5.75 Å². The maximum atomic E-state index is 12.1. The fourth-order valence-electron chi connectivity index (χ4n) is 3.61. The molecule has 1 aliphatic rings. The van der Waals surface area contributed by atoms with E-state index in [0.717, 1.165) is 5.57 Å². The molecule has 3 heteroatoms. The summed E-state index contributed by atoms with van der Waals surface area (Å²) in [6, 6.07) is 6.41. The Morgan fingerprint density at radius 1 is 1.10 bits per heavy atom. The topological polar surface area (TPSA) is 49.3 Å². The number of aromatic hydroxyl groups is 1. The first kappa shape index (κ1) is 22.5. The molecular weight excluding hydrogens is 358 g/mol. The number of rotatable bonds is 6. The number of anilines is 1. The van der Waals surface area contributed by atoms with Gasteiger partial charge in [-0.25, -0.2) is 0 Å². The Morgan fingerprint density at radius 3 is 2.45 bits per heavy atom. The van der Waals surface area contributed by atoms with Gasteiger partial charge < -0.3 is 10.4 Å². The van der Waals surface area contributed by atoms with Crippen LogP contribution < -0.4 is 5.32 Å². The SMILES string of the molecule is CC(C=CC1=C(C)CCCC1(C)C)=C/C=C/C(C)=C/C(=O)Nc1ccc(O)cc1. The van der Waals surface area contributed by atoms with Crippen molar-refractivity contribution in [2.45, 2.75) is 53.9 Å². The lowest BCUT2D eigenvalue weighted by Crippen LogP contribution is -2.19. The van der Waals surface area contributed by atoms with Gasteiger partial charge in [0.15, 0.2) is 0 Å². The minimum Gasteiger partial charge on any atom is -0.508 e. The largest absolute Gasteiger partial charge is 0.508 e. The zero-order valence-electron chi connectivity index (χ0n) is 18.3. The lowest BCUT2D eigenvalue weighted by molar-refractivity contribution is -0.111. The number of hydrogen-bond donors (Lipinski definition) is 2. The molecular formula is C26H33NO2. The summed E-state index contributed by atoms with van der Waals surface area (Å²) >= 11 is 0. The second kappa shape index (κ2) is 10.1. The second-order valence-electron chi connectivity index (χ2n) is 8.46. The third-order valence-electron chi connectivity index (χ3n) is 5.27. The van der Waals surface area contributed by atoms with E-state index < -0.39 is 0 Å². The summed E-state index contributed by atoms with van der Waals surface area (Å²) < 4.78 is 0. The molecule has 0 saturated carbocycles. The van der Waals surface area contributed by atoms with Crippen molar-refractivity contribution in [1.29, 1.82) is 0 Å². The van der Waals surface area contributed by atoms with E-state index in [0.29, 0.717) is 5.69 Å². The van der Waals surface area contributed by atoms with E-state index >= 15 is 0 Å². The highest BCUT2D eigenvalue weighted by atomic mass is 16.3. The van der Waals surface area contributed by atoms with E-state index in [9.17, 15) is 9.90 Å². The van der Waals surface area contributed by atoms with Crippen LogP contribution in [0.15, 0.2) is 83.0 Å². The third kappa shape index (κ3) is 7.26. The zero-order valence-corrected chi connectivity index (χ0v) is 18.3. The monoisotopic (exact) mass is 391 g/mol. The predicted molar refractivity (Wildman–Crippen MR) is 123 cm³/mol. The van der Waals surface area contributed by atoms with Gasteiger partial charge in [-0.2, -0.15) is 0 Å². The minimum absolute atomic E-state index is 0.173. The number of phenolic OH excluding ortho intramolecular Hbond substituents is 1. The van der Waals surface area contributed by atoms with E-state index in [1.165, 1.54) is 36.0 Å². The fraction of sp³-hybridized carbons (Fsp3) is 0.346. The first-order chi connectivity index (χ1) is 13.7. The van der Waals surface area contributed by atoms with E-state index in [1.54, 1.807) is 30.3 Å². The Bertz CT molecular complexity index is 878. The standard InChI is InChI=1S/C26H33NO2/c1-19(11-16-24-21(3)10-7-17-26(24,4)5)8-6-9-20(2)18-25(29)27-22-12-14-23(28)15-13-22/h6,8-9,11-16,18,28H,7,10,17H2,1-5H3,(H,27,29)/b9-6+,16-11?,19-8?,20-18+. The van der Waals surface area contributed by atoms with Crippen molar-refractivity contribution in [3.05, 3.63) is 83.0 Å². The molecule has 0 aromatic heterocycles. The van der Waals surface area contributed by atoms with Crippen LogP contribution in [0.5, 0.6) is 5.75 Å². The van der Waals surface area contributed by atoms with Gasteiger partial charge in [-0.15, -0.1) is 0 Å². The van der Waals surface area contributed by atoms with Gasteiger partial charge in [-0.3, -0.25) is 4.79 Å². The maximum Gasteiger partial charge on any atom is 0.248 e. The Balaban J connectivity index is 1.95. The molecule has 1 aromatic carbocycles. The normalized spacial score (nSPS) is 18.0. The van der Waals surface area contributed by atoms with Crippen LogP contribution in [0.1, 0.15) is 53.9 Å². The Kier molecular flexibility index (Phi) is 7.83. The molecule has 0 saturated heterocycles. The molecule has 2 rings (SSSR count). The van der Waals surface area contributed by atoms with Crippen LogP contribution in [0.25, 0.3) is 0 Å². The molecule has 0 bridgehead atoms. The number of hydrogen-bond acceptors (Lipinski definition) is 2. The van der Waals surface area contributed by atoms with Crippen molar-refractivity contribution in [2.24, 2.45) is 5.41 Å². The summed E-state index contributed by atoms with van der Waals surface area (Å²) in [5.41, 5.74) is 5.89. The fourth-order valence-corrected chi connectivity index (χ4v) is 3.61. The van der Waals surface area contributed by atoms with Crippen molar-refractivity contribution < 1.29 is 9.90 Å². The van der Waals surface area contributed by atoms with Crippen LogP contribution in [-0.2, 0) is 4.79 Å². The molecule has 1 aliphatic carbocycles. The Morgan fingerprint density at radius 2 is 1.79 bits per heavy atom. The van der Waals surface area contributed by atoms with Crippen molar-refractivity contribution in [2.75, 3.05) is 5.32 Å². The molecule has 1 aromatic rings. The molecule has 0 fully saturated rings. The smallest absolute Gasteiger partial charge is 0.248 e. The summed E-state index contributed by atoms with van der Waals surface area (Å²) in [4.78, 5) is 12.1. The number of carbonyl (C=O) groups is 1. The van der Waals surface area contributed by atoms with E-state index in [-0.39, 0.29) is 17.1 Å². The maximum absolute atomic E-state index is 12.1. The van der Waals surface area contributed by atoms with Gasteiger partial charge >= 0.3 is 0 Å². The quantitative estimate of drug-likeness (QED) is 0.316. The predicted octanol–water partition coefficient (Wildman–Crippen LogP) is 6.86. The number of allylic oxidation sites excluding steroid dienone is 9. The third-order valence-corrected chi connectivity index (χ3v) is 5.27. The molecule has 1 amide bonds. The van der Waals surface area contributed by atoms with Gasteiger partial charge in [-0.05, 0) is 80.9 Å². The average molecular weight is 392 g/mol. The number of carbonyl (C=O) groups excluding carboxylic acids is 1. The van der Waals surface area contributed by atoms with Crippen LogP contribution in [0, 0.1) is 5.41 Å². The van der Waals surface area contributed by atoms with Gasteiger partial charge in [0.2, 0.25) is 5.91 Å². The van der Waals surface area contributed by atoms with Crippen LogP contribution in [-0.4, -0.2) is 11.0 Å². The molecule has 29 heavy (non-hydrogen) atoms. The molecule has 0 spiro atoms. The molecule has 0 aliphatic heterocycles. The average Bonchev–Trinajstić information content (AvgIpc) is 2.62. The summed E-state index contributed by atoms with van der Waals surface area (Å²) in [7, 11) is 0. The number of benzene rings is 1. The van der Waals surface area contributed by atoms with Crippen molar-refractivity contribution >= 4 is 11.6 Å². The highest BCUT2D eigenvalue weighted by Gasteiger charge is 2.26. The first-order valence-corrected chi connectivity index (χ1v) is 10.2. The van der Waals surface area contributed by atoms with Gasteiger partial charge in [-0.1, -0.05) is 55.4 Å². The molecule has 154 valence electrons. The highest BCUT2D eigenvalue weighted by Crippen LogP contribution is 2.40. The molecule has 0 heterocycles. The van der Waals surface area contributed by atoms with E-state index in [4.69, 9.17) is 0 Å². The summed E-state index contributed by atoms with van der Waals surface area (Å²) in [6.45, 7) is 10.9. The van der Waals surface area contributed by atoms with Crippen LogP contribution >= 0.6 is 0 Å². The van der Waals surface area contributed by atoms with Crippen LogP contribution in [0.4, 0.5) is 5.69 Å². The van der Waals surface area contributed by atoms with Gasteiger partial charge in [0.25, 0.3) is 0 Å². The summed E-state index contributed by atoms with van der Waals surface area (Å²) in [6.07, 6.45) is 15.6. The van der Waals surface area contributed by atoms with Crippen molar-refractivity contribution in [3.8, 4) is 5.75 Å². The molecule has 0 atom stereocenters.